The Balaban J connectivity index is 1.86. The molecule has 0 bridgehead atoms. The Kier molecular flexibility index (Phi) is 4.22. The molecule has 1 amide bonds. The van der Waals surface area contributed by atoms with Gasteiger partial charge in [-0.25, -0.2) is 9.97 Å². The number of rotatable bonds is 3. The van der Waals surface area contributed by atoms with E-state index in [1.807, 2.05) is 34.0 Å². The van der Waals surface area contributed by atoms with E-state index in [0.29, 0.717) is 5.92 Å². The lowest BCUT2D eigenvalue weighted by atomic mass is 9.94. The molecule has 5 heteroatoms. The van der Waals surface area contributed by atoms with Gasteiger partial charge in [0.25, 0.3) is 0 Å². The Morgan fingerprint density at radius 2 is 2.27 bits per heavy atom. The molecule has 3 rings (SSSR count). The zero-order chi connectivity index (χ0) is 15.5. The first-order valence-corrected chi connectivity index (χ1v) is 7.94. The third-order valence-corrected chi connectivity index (χ3v) is 4.32. The largest absolute Gasteiger partial charge is 0.342 e. The standard InChI is InChI=1S/C17H22N4O/c1-3-16-18-9-11-21(16)17-8-4-7-15(19-17)14-6-5-10-20(12-14)13(2)22/h4,7-9,11,14H,3,5-6,10,12H2,1-2H3. The zero-order valence-corrected chi connectivity index (χ0v) is 13.2. The van der Waals surface area contributed by atoms with Crippen LogP contribution in [0.1, 0.15) is 44.1 Å². The van der Waals surface area contributed by atoms with Crippen molar-refractivity contribution in [2.45, 2.75) is 39.0 Å². The van der Waals surface area contributed by atoms with Gasteiger partial charge >= 0.3 is 0 Å². The second-order valence-electron chi connectivity index (χ2n) is 5.79. The van der Waals surface area contributed by atoms with Crippen LogP contribution in [0.2, 0.25) is 0 Å². The van der Waals surface area contributed by atoms with Crippen molar-refractivity contribution in [1.82, 2.24) is 19.4 Å². The van der Waals surface area contributed by atoms with Crippen LogP contribution in [0.25, 0.3) is 5.82 Å². The number of imidazole rings is 1. The highest BCUT2D eigenvalue weighted by Crippen LogP contribution is 2.26. The monoisotopic (exact) mass is 298 g/mol. The van der Waals surface area contributed by atoms with Crippen molar-refractivity contribution in [3.05, 3.63) is 42.1 Å². The van der Waals surface area contributed by atoms with Crippen LogP contribution in [-0.2, 0) is 11.2 Å². The molecule has 0 N–H and O–H groups in total. The van der Waals surface area contributed by atoms with Crippen LogP contribution < -0.4 is 0 Å². The third kappa shape index (κ3) is 2.89. The average molecular weight is 298 g/mol. The molecule has 0 radical (unpaired) electrons. The summed E-state index contributed by atoms with van der Waals surface area (Å²) >= 11 is 0. The summed E-state index contributed by atoms with van der Waals surface area (Å²) in [4.78, 5) is 22.7. The number of amides is 1. The highest BCUT2D eigenvalue weighted by molar-refractivity contribution is 5.73. The van der Waals surface area contributed by atoms with E-state index in [1.165, 1.54) is 0 Å². The Bertz CT molecular complexity index is 664. The summed E-state index contributed by atoms with van der Waals surface area (Å²) in [6, 6.07) is 6.13. The number of carbonyl (C=O) groups is 1. The first-order valence-electron chi connectivity index (χ1n) is 7.94. The van der Waals surface area contributed by atoms with Crippen molar-refractivity contribution >= 4 is 5.91 Å². The van der Waals surface area contributed by atoms with Gasteiger partial charge in [0, 0.05) is 50.4 Å². The Labute approximate surface area is 131 Å². The van der Waals surface area contributed by atoms with Gasteiger partial charge in [0.1, 0.15) is 11.6 Å². The lowest BCUT2D eigenvalue weighted by molar-refractivity contribution is -0.130. The van der Waals surface area contributed by atoms with Gasteiger partial charge in [-0.2, -0.15) is 0 Å². The van der Waals surface area contributed by atoms with E-state index >= 15 is 0 Å². The van der Waals surface area contributed by atoms with Crippen LogP contribution in [-0.4, -0.2) is 38.4 Å². The number of likely N-dealkylation sites (tertiary alicyclic amines) is 1. The topological polar surface area (TPSA) is 51.0 Å². The maximum absolute atomic E-state index is 11.6. The highest BCUT2D eigenvalue weighted by Gasteiger charge is 2.24. The Morgan fingerprint density at radius 3 is 3.05 bits per heavy atom. The zero-order valence-electron chi connectivity index (χ0n) is 13.2. The predicted octanol–water partition coefficient (Wildman–Crippen LogP) is 2.56. The molecule has 0 aromatic carbocycles. The second-order valence-corrected chi connectivity index (χ2v) is 5.79. The molecule has 1 aliphatic heterocycles. The SMILES string of the molecule is CCc1nccn1-c1cccc(C2CCCN(C(C)=O)C2)n1. The van der Waals surface area contributed by atoms with Crippen molar-refractivity contribution in [2.75, 3.05) is 13.1 Å². The van der Waals surface area contributed by atoms with E-state index in [9.17, 15) is 4.79 Å². The third-order valence-electron chi connectivity index (χ3n) is 4.32. The smallest absolute Gasteiger partial charge is 0.219 e. The molecule has 3 heterocycles. The van der Waals surface area contributed by atoms with Gasteiger partial charge in [0.05, 0.1) is 0 Å². The van der Waals surface area contributed by atoms with Gasteiger partial charge < -0.3 is 4.90 Å². The van der Waals surface area contributed by atoms with E-state index in [2.05, 4.69) is 18.0 Å². The molecule has 1 unspecified atom stereocenters. The minimum atomic E-state index is 0.156. The minimum Gasteiger partial charge on any atom is -0.342 e. The fourth-order valence-corrected chi connectivity index (χ4v) is 3.11. The average Bonchev–Trinajstić information content (AvgIpc) is 3.04. The maximum atomic E-state index is 11.6. The number of hydrogen-bond acceptors (Lipinski definition) is 3. The van der Waals surface area contributed by atoms with Crippen LogP contribution in [0.4, 0.5) is 0 Å². The fourth-order valence-electron chi connectivity index (χ4n) is 3.11. The number of hydrogen-bond donors (Lipinski definition) is 0. The minimum absolute atomic E-state index is 0.156. The van der Waals surface area contributed by atoms with Crippen molar-refractivity contribution in [2.24, 2.45) is 0 Å². The molecule has 116 valence electrons. The molecule has 5 nitrogen and oxygen atoms in total. The van der Waals surface area contributed by atoms with Gasteiger partial charge in [0.2, 0.25) is 5.91 Å². The summed E-state index contributed by atoms with van der Waals surface area (Å²) in [6.45, 7) is 5.38. The van der Waals surface area contributed by atoms with Crippen LogP contribution in [0.5, 0.6) is 0 Å². The van der Waals surface area contributed by atoms with Crippen LogP contribution in [0, 0.1) is 0 Å². The maximum Gasteiger partial charge on any atom is 0.219 e. The molecule has 2 aromatic rings. The van der Waals surface area contributed by atoms with E-state index in [0.717, 1.165) is 49.7 Å². The molecule has 0 saturated carbocycles. The van der Waals surface area contributed by atoms with E-state index < -0.39 is 0 Å². The molecule has 0 spiro atoms. The van der Waals surface area contributed by atoms with Gasteiger partial charge in [-0.15, -0.1) is 0 Å². The summed E-state index contributed by atoms with van der Waals surface area (Å²) in [6.07, 6.45) is 6.77. The molecule has 1 fully saturated rings. The second kappa shape index (κ2) is 6.30. The molecular weight excluding hydrogens is 276 g/mol. The normalized spacial score (nSPS) is 18.5. The molecule has 1 atom stereocenters. The van der Waals surface area contributed by atoms with E-state index in [4.69, 9.17) is 4.98 Å². The number of carbonyl (C=O) groups excluding carboxylic acids is 1. The number of piperidine rings is 1. The predicted molar refractivity (Wildman–Crippen MR) is 85.0 cm³/mol. The number of nitrogens with zero attached hydrogens (tertiary/aromatic N) is 4. The van der Waals surface area contributed by atoms with Gasteiger partial charge in [-0.1, -0.05) is 13.0 Å². The number of pyridine rings is 1. The number of aromatic nitrogens is 3. The van der Waals surface area contributed by atoms with Crippen molar-refractivity contribution in [3.8, 4) is 5.82 Å². The first kappa shape index (κ1) is 14.8. The quantitative estimate of drug-likeness (QED) is 0.875. The highest BCUT2D eigenvalue weighted by atomic mass is 16.2. The summed E-state index contributed by atoms with van der Waals surface area (Å²) in [5, 5.41) is 0. The molecule has 0 aliphatic carbocycles. The molecule has 2 aromatic heterocycles. The van der Waals surface area contributed by atoms with Crippen molar-refractivity contribution < 1.29 is 4.79 Å². The lowest BCUT2D eigenvalue weighted by Gasteiger charge is -2.31. The van der Waals surface area contributed by atoms with Gasteiger partial charge in [-0.3, -0.25) is 9.36 Å². The van der Waals surface area contributed by atoms with E-state index in [1.54, 1.807) is 6.92 Å². The fraction of sp³-hybridized carbons (Fsp3) is 0.471. The van der Waals surface area contributed by atoms with Gasteiger partial charge in [-0.05, 0) is 25.0 Å². The van der Waals surface area contributed by atoms with Crippen molar-refractivity contribution in [3.63, 3.8) is 0 Å². The molecule has 1 aliphatic rings. The Hall–Kier alpha value is -2.17. The molecule has 1 saturated heterocycles. The van der Waals surface area contributed by atoms with Crippen LogP contribution in [0.3, 0.4) is 0 Å². The van der Waals surface area contributed by atoms with Crippen LogP contribution >= 0.6 is 0 Å². The lowest BCUT2D eigenvalue weighted by Crippen LogP contribution is -2.37. The summed E-state index contributed by atoms with van der Waals surface area (Å²) in [5.41, 5.74) is 1.07. The molecule has 22 heavy (non-hydrogen) atoms. The summed E-state index contributed by atoms with van der Waals surface area (Å²) < 4.78 is 2.04. The summed E-state index contributed by atoms with van der Waals surface area (Å²) in [5.74, 6) is 2.40. The van der Waals surface area contributed by atoms with Crippen molar-refractivity contribution in [1.29, 1.82) is 0 Å². The molecular formula is C17H22N4O. The van der Waals surface area contributed by atoms with E-state index in [-0.39, 0.29) is 5.91 Å². The van der Waals surface area contributed by atoms with Gasteiger partial charge in [0.15, 0.2) is 0 Å². The number of aryl methyl sites for hydroxylation is 1. The Morgan fingerprint density at radius 1 is 1.41 bits per heavy atom. The van der Waals surface area contributed by atoms with Crippen LogP contribution in [0.15, 0.2) is 30.6 Å². The summed E-state index contributed by atoms with van der Waals surface area (Å²) in [7, 11) is 0. The first-order chi connectivity index (χ1) is 10.7.